The van der Waals surface area contributed by atoms with Crippen LogP contribution < -0.4 is 20.7 Å². The summed E-state index contributed by atoms with van der Waals surface area (Å²) in [6.07, 6.45) is 4.06. The Hall–Kier alpha value is -4.41. The van der Waals surface area contributed by atoms with Gasteiger partial charge in [-0.3, -0.25) is 25.1 Å². The number of nitrogens with zero attached hydrogens (tertiary/aromatic N) is 5. The Balaban J connectivity index is 1.63. The predicted molar refractivity (Wildman–Crippen MR) is 135 cm³/mol. The molecule has 2 aromatic heterocycles. The summed E-state index contributed by atoms with van der Waals surface area (Å²) in [5.74, 6) is -1.17. The summed E-state index contributed by atoms with van der Waals surface area (Å²) in [6, 6.07) is 10.7. The molecule has 0 spiro atoms. The molecular formula is C26H32N7O4+. The minimum absolute atomic E-state index is 0.109. The van der Waals surface area contributed by atoms with E-state index in [-0.39, 0.29) is 18.3 Å². The maximum absolute atomic E-state index is 13.7. The number of nitrogen functional groups attached to an aromatic ring is 1. The molecule has 37 heavy (non-hydrogen) atoms. The molecule has 0 saturated carbocycles. The molecule has 194 valence electrons. The van der Waals surface area contributed by atoms with Gasteiger partial charge in [0.05, 0.1) is 12.0 Å². The van der Waals surface area contributed by atoms with Crippen LogP contribution in [-0.4, -0.2) is 50.6 Å². The topological polar surface area (TPSA) is 138 Å². The van der Waals surface area contributed by atoms with Crippen LogP contribution in [0.25, 0.3) is 0 Å². The minimum Gasteiger partial charge on any atom is -0.349 e. The van der Waals surface area contributed by atoms with Crippen LogP contribution in [0.4, 0.5) is 16.6 Å². The second kappa shape index (κ2) is 10.3. The Morgan fingerprint density at radius 2 is 1.97 bits per heavy atom. The number of hydrogen-bond acceptors (Lipinski definition) is 6. The summed E-state index contributed by atoms with van der Waals surface area (Å²) in [6.45, 7) is 3.61. The van der Waals surface area contributed by atoms with Crippen LogP contribution in [-0.2, 0) is 23.1 Å². The lowest BCUT2D eigenvalue weighted by molar-refractivity contribution is -0.897. The van der Waals surface area contributed by atoms with E-state index in [0.29, 0.717) is 23.6 Å². The van der Waals surface area contributed by atoms with Gasteiger partial charge in [0.15, 0.2) is 0 Å². The van der Waals surface area contributed by atoms with E-state index in [0.717, 1.165) is 15.2 Å². The average Bonchev–Trinajstić information content (AvgIpc) is 3.32. The monoisotopic (exact) mass is 506 g/mol. The molecule has 0 radical (unpaired) electrons. The number of carbonyl (C=O) groups is 3. The Labute approximate surface area is 215 Å². The summed E-state index contributed by atoms with van der Waals surface area (Å²) in [5, 5.41) is 12.9. The van der Waals surface area contributed by atoms with E-state index >= 15 is 0 Å². The third kappa shape index (κ3) is 4.84. The molecule has 1 aliphatic rings. The summed E-state index contributed by atoms with van der Waals surface area (Å²) >= 11 is 0. The van der Waals surface area contributed by atoms with Gasteiger partial charge in [-0.25, -0.2) is 9.78 Å². The summed E-state index contributed by atoms with van der Waals surface area (Å²) in [7, 11) is 3.32. The number of β-lactam (4-membered cyclic amide) rings is 1. The number of imidazole rings is 1. The highest BCUT2D eigenvalue weighted by Crippen LogP contribution is 2.33. The zero-order valence-corrected chi connectivity index (χ0v) is 21.3. The lowest BCUT2D eigenvalue weighted by Gasteiger charge is -2.45. The van der Waals surface area contributed by atoms with Crippen molar-refractivity contribution in [2.45, 2.75) is 38.8 Å². The van der Waals surface area contributed by atoms with E-state index in [2.05, 4.69) is 10.3 Å². The number of aromatic nitrogens is 3. The first-order valence-corrected chi connectivity index (χ1v) is 12.1. The number of hydrogen-bond donors (Lipinski definition) is 3. The SMILES string of the molecule is CCC(NC(=O)N1C(=O)[C@H](Cc2cc(C)[n+](O)c(N)c2)[C@H]1C(=O)N(C)c1nccn1C)c1ccccc1. The summed E-state index contributed by atoms with van der Waals surface area (Å²) < 4.78 is 2.53. The van der Waals surface area contributed by atoms with E-state index in [1.807, 2.05) is 37.3 Å². The fourth-order valence-electron chi connectivity index (χ4n) is 4.76. The van der Waals surface area contributed by atoms with Crippen molar-refractivity contribution in [2.24, 2.45) is 13.0 Å². The first kappa shape index (κ1) is 25.7. The number of nitrogens with two attached hydrogens (primary N) is 1. The molecule has 0 aliphatic carbocycles. The highest BCUT2D eigenvalue weighted by molar-refractivity contribution is 6.12. The van der Waals surface area contributed by atoms with Gasteiger partial charge in [-0.1, -0.05) is 37.3 Å². The van der Waals surface area contributed by atoms with Crippen LogP contribution in [0.3, 0.4) is 0 Å². The van der Waals surface area contributed by atoms with E-state index in [1.165, 1.54) is 4.90 Å². The molecule has 0 bridgehead atoms. The van der Waals surface area contributed by atoms with Crippen LogP contribution in [0.15, 0.2) is 54.9 Å². The van der Waals surface area contributed by atoms with Gasteiger partial charge in [-0.05, 0) is 34.8 Å². The minimum atomic E-state index is -1.04. The zero-order chi connectivity index (χ0) is 26.9. The van der Waals surface area contributed by atoms with Crippen molar-refractivity contribution in [2.75, 3.05) is 17.7 Å². The molecule has 3 heterocycles. The van der Waals surface area contributed by atoms with Gasteiger partial charge in [0.25, 0.3) is 5.91 Å². The van der Waals surface area contributed by atoms with Gasteiger partial charge in [0, 0.05) is 39.5 Å². The van der Waals surface area contributed by atoms with E-state index in [9.17, 15) is 19.6 Å². The number of imide groups is 1. The van der Waals surface area contributed by atoms with Crippen molar-refractivity contribution in [3.63, 3.8) is 0 Å². The van der Waals surface area contributed by atoms with Gasteiger partial charge < -0.3 is 15.1 Å². The number of anilines is 2. The first-order chi connectivity index (χ1) is 17.6. The standard InChI is InChI=1S/C26H31N7O4/c1-5-20(18-9-7-6-8-10-18)29-26(36)32-22(24(35)31(4)25-28-11-12-30(25)3)19(23(32)34)14-17-13-16(2)33(37)21(27)15-17/h6-13,15,19-20,22,27,37H,5,14H2,1-4H3,(H,29,36)/p+1/t19-,20?,22+/m1/s1. The Morgan fingerprint density at radius 1 is 1.27 bits per heavy atom. The smallest absolute Gasteiger partial charge is 0.325 e. The maximum Gasteiger partial charge on any atom is 0.325 e. The number of likely N-dealkylation sites (N-methyl/N-ethyl adjacent to an activating group) is 1. The third-order valence-corrected chi connectivity index (χ3v) is 6.78. The highest BCUT2D eigenvalue weighted by Gasteiger charge is 2.55. The fourth-order valence-corrected chi connectivity index (χ4v) is 4.76. The Kier molecular flexibility index (Phi) is 7.14. The van der Waals surface area contributed by atoms with E-state index < -0.39 is 29.8 Å². The number of rotatable bonds is 7. The quantitative estimate of drug-likeness (QED) is 0.254. The number of amides is 4. The first-order valence-electron chi connectivity index (χ1n) is 12.1. The molecule has 1 saturated heterocycles. The molecule has 4 rings (SSSR count). The second-order valence-corrected chi connectivity index (χ2v) is 9.26. The molecule has 1 unspecified atom stereocenters. The Bertz CT molecular complexity index is 1300. The second-order valence-electron chi connectivity index (χ2n) is 9.26. The molecule has 3 aromatic rings. The van der Waals surface area contributed by atoms with E-state index in [1.54, 1.807) is 50.1 Å². The lowest BCUT2D eigenvalue weighted by Crippen LogP contribution is -2.70. The normalized spacial score (nSPS) is 17.7. The fraction of sp³-hybridized carbons (Fsp3) is 0.346. The molecule has 1 fully saturated rings. The van der Waals surface area contributed by atoms with Crippen molar-refractivity contribution < 1.29 is 24.3 Å². The average molecular weight is 507 g/mol. The lowest BCUT2D eigenvalue weighted by atomic mass is 9.81. The van der Waals surface area contributed by atoms with Crippen molar-refractivity contribution in [1.29, 1.82) is 0 Å². The van der Waals surface area contributed by atoms with Crippen LogP contribution in [0.2, 0.25) is 0 Å². The summed E-state index contributed by atoms with van der Waals surface area (Å²) in [5.41, 5.74) is 7.95. The molecule has 1 aliphatic heterocycles. The number of likely N-dealkylation sites (tertiary alicyclic amines) is 1. The van der Waals surface area contributed by atoms with Gasteiger partial charge in [0.2, 0.25) is 11.9 Å². The van der Waals surface area contributed by atoms with Crippen molar-refractivity contribution in [3.05, 3.63) is 71.7 Å². The van der Waals surface area contributed by atoms with Crippen molar-refractivity contribution in [3.8, 4) is 0 Å². The third-order valence-electron chi connectivity index (χ3n) is 6.78. The van der Waals surface area contributed by atoms with Crippen LogP contribution in [0.5, 0.6) is 0 Å². The predicted octanol–water partition coefficient (Wildman–Crippen LogP) is 1.73. The molecule has 3 atom stereocenters. The van der Waals surface area contributed by atoms with Crippen LogP contribution >= 0.6 is 0 Å². The van der Waals surface area contributed by atoms with Gasteiger partial charge in [0.1, 0.15) is 11.7 Å². The number of pyridine rings is 1. The zero-order valence-electron chi connectivity index (χ0n) is 21.3. The molecule has 4 amide bonds. The highest BCUT2D eigenvalue weighted by atomic mass is 16.5. The largest absolute Gasteiger partial charge is 0.349 e. The number of benzene rings is 1. The van der Waals surface area contributed by atoms with Crippen LogP contribution in [0, 0.1) is 12.8 Å². The number of aryl methyl sites for hydroxylation is 2. The molecule has 4 N–H and O–H groups in total. The number of urea groups is 1. The number of nitrogens with one attached hydrogen (secondary N) is 1. The van der Waals surface area contributed by atoms with E-state index in [4.69, 9.17) is 5.73 Å². The van der Waals surface area contributed by atoms with Gasteiger partial charge in [-0.15, -0.1) is 0 Å². The number of carbonyl (C=O) groups excluding carboxylic acids is 3. The van der Waals surface area contributed by atoms with Gasteiger partial charge in [-0.2, -0.15) is 0 Å². The molecular weight excluding hydrogens is 474 g/mol. The van der Waals surface area contributed by atoms with Crippen molar-refractivity contribution in [1.82, 2.24) is 19.8 Å². The van der Waals surface area contributed by atoms with Crippen molar-refractivity contribution >= 4 is 29.6 Å². The summed E-state index contributed by atoms with van der Waals surface area (Å²) in [4.78, 5) is 47.0. The van der Waals surface area contributed by atoms with Gasteiger partial charge >= 0.3 is 11.8 Å². The molecule has 11 heteroatoms. The van der Waals surface area contributed by atoms with Crippen LogP contribution in [0.1, 0.15) is 36.2 Å². The maximum atomic E-state index is 13.7. The molecule has 1 aromatic carbocycles. The Morgan fingerprint density at radius 3 is 2.57 bits per heavy atom. The molecule has 11 nitrogen and oxygen atoms in total.